The summed E-state index contributed by atoms with van der Waals surface area (Å²) < 4.78 is 0. The molecule has 1 fully saturated rings. The van der Waals surface area contributed by atoms with Crippen LogP contribution in [0.15, 0.2) is 0 Å². The van der Waals surface area contributed by atoms with Crippen LogP contribution in [-0.2, 0) is 0 Å². The predicted octanol–water partition coefficient (Wildman–Crippen LogP) is 2.11. The lowest BCUT2D eigenvalue weighted by Gasteiger charge is -2.19. The fraction of sp³-hybridized carbons (Fsp3) is 1.00. The molecule has 1 unspecified atom stereocenters. The third-order valence-corrected chi connectivity index (χ3v) is 3.35. The van der Waals surface area contributed by atoms with Crippen molar-refractivity contribution in [3.05, 3.63) is 0 Å². The zero-order valence-electron chi connectivity index (χ0n) is 10.1. The highest BCUT2D eigenvalue weighted by molar-refractivity contribution is 4.73. The Hall–Kier alpha value is -0.0800. The van der Waals surface area contributed by atoms with Crippen LogP contribution in [0, 0.1) is 5.92 Å². The molecule has 0 aliphatic carbocycles. The van der Waals surface area contributed by atoms with E-state index in [1.54, 1.807) is 0 Å². The maximum absolute atomic E-state index is 3.62. The van der Waals surface area contributed by atoms with E-state index in [2.05, 4.69) is 31.0 Å². The Morgan fingerprint density at radius 3 is 2.57 bits per heavy atom. The number of likely N-dealkylation sites (tertiary alicyclic amines) is 1. The molecule has 1 heterocycles. The monoisotopic (exact) mass is 198 g/mol. The standard InChI is InChI=1S/C12H26N2/c1-4-12(5-2)13-7-9-14-8-6-11(3)10-14/h11-13H,4-10H2,1-3H3. The number of nitrogens with zero attached hydrogens (tertiary/aromatic N) is 1. The van der Waals surface area contributed by atoms with Gasteiger partial charge in [-0.1, -0.05) is 20.8 Å². The van der Waals surface area contributed by atoms with Crippen molar-refractivity contribution in [1.29, 1.82) is 0 Å². The highest BCUT2D eigenvalue weighted by atomic mass is 15.2. The highest BCUT2D eigenvalue weighted by Crippen LogP contribution is 2.13. The first-order valence-corrected chi connectivity index (χ1v) is 6.22. The first-order valence-electron chi connectivity index (χ1n) is 6.22. The van der Waals surface area contributed by atoms with Gasteiger partial charge in [0.25, 0.3) is 0 Å². The minimum Gasteiger partial charge on any atom is -0.313 e. The Balaban J connectivity index is 2.03. The molecule has 1 aliphatic rings. The fourth-order valence-electron chi connectivity index (χ4n) is 2.23. The third-order valence-electron chi connectivity index (χ3n) is 3.35. The van der Waals surface area contributed by atoms with Gasteiger partial charge in [-0.05, 0) is 31.7 Å². The second kappa shape index (κ2) is 6.41. The molecular formula is C12H26N2. The lowest BCUT2D eigenvalue weighted by molar-refractivity contribution is 0.315. The van der Waals surface area contributed by atoms with Crippen molar-refractivity contribution >= 4 is 0 Å². The van der Waals surface area contributed by atoms with E-state index in [0.29, 0.717) is 0 Å². The molecule has 1 N–H and O–H groups in total. The van der Waals surface area contributed by atoms with E-state index < -0.39 is 0 Å². The van der Waals surface area contributed by atoms with Gasteiger partial charge in [0.05, 0.1) is 0 Å². The summed E-state index contributed by atoms with van der Waals surface area (Å²) in [5, 5.41) is 3.62. The van der Waals surface area contributed by atoms with E-state index in [-0.39, 0.29) is 0 Å². The molecule has 1 rings (SSSR count). The SMILES string of the molecule is CCC(CC)NCCN1CCC(C)C1. The number of nitrogens with one attached hydrogen (secondary N) is 1. The van der Waals surface area contributed by atoms with Gasteiger partial charge in [-0.3, -0.25) is 0 Å². The van der Waals surface area contributed by atoms with Gasteiger partial charge in [0.1, 0.15) is 0 Å². The van der Waals surface area contributed by atoms with Crippen LogP contribution in [0.25, 0.3) is 0 Å². The molecule has 0 saturated carbocycles. The average Bonchev–Trinajstić information content (AvgIpc) is 2.59. The molecule has 84 valence electrons. The predicted molar refractivity (Wildman–Crippen MR) is 62.6 cm³/mol. The molecule has 0 aromatic carbocycles. The van der Waals surface area contributed by atoms with Crippen molar-refractivity contribution < 1.29 is 0 Å². The zero-order valence-corrected chi connectivity index (χ0v) is 10.1. The summed E-state index contributed by atoms with van der Waals surface area (Å²) in [6, 6.07) is 0.732. The fourth-order valence-corrected chi connectivity index (χ4v) is 2.23. The molecular weight excluding hydrogens is 172 g/mol. The van der Waals surface area contributed by atoms with Crippen LogP contribution in [0.5, 0.6) is 0 Å². The molecule has 0 aromatic rings. The topological polar surface area (TPSA) is 15.3 Å². The van der Waals surface area contributed by atoms with Gasteiger partial charge in [-0.2, -0.15) is 0 Å². The molecule has 0 bridgehead atoms. The summed E-state index contributed by atoms with van der Waals surface area (Å²) in [6.45, 7) is 11.9. The van der Waals surface area contributed by atoms with E-state index >= 15 is 0 Å². The minimum absolute atomic E-state index is 0.732. The highest BCUT2D eigenvalue weighted by Gasteiger charge is 2.17. The van der Waals surface area contributed by atoms with Crippen molar-refractivity contribution in [3.63, 3.8) is 0 Å². The van der Waals surface area contributed by atoms with Gasteiger partial charge >= 0.3 is 0 Å². The first-order chi connectivity index (χ1) is 6.76. The van der Waals surface area contributed by atoms with E-state index in [0.717, 1.165) is 12.0 Å². The summed E-state index contributed by atoms with van der Waals surface area (Å²) in [4.78, 5) is 2.58. The van der Waals surface area contributed by atoms with Crippen LogP contribution >= 0.6 is 0 Å². The average molecular weight is 198 g/mol. The Morgan fingerprint density at radius 1 is 1.36 bits per heavy atom. The summed E-state index contributed by atoms with van der Waals surface area (Å²) in [5.74, 6) is 0.920. The van der Waals surface area contributed by atoms with Crippen LogP contribution in [-0.4, -0.2) is 37.1 Å². The largest absolute Gasteiger partial charge is 0.313 e. The second-order valence-corrected chi connectivity index (χ2v) is 4.66. The number of hydrogen-bond acceptors (Lipinski definition) is 2. The van der Waals surface area contributed by atoms with Gasteiger partial charge in [0.15, 0.2) is 0 Å². The summed E-state index contributed by atoms with van der Waals surface area (Å²) in [6.07, 6.45) is 3.91. The van der Waals surface area contributed by atoms with Crippen LogP contribution in [0.2, 0.25) is 0 Å². The quantitative estimate of drug-likeness (QED) is 0.703. The van der Waals surface area contributed by atoms with Gasteiger partial charge in [-0.25, -0.2) is 0 Å². The van der Waals surface area contributed by atoms with E-state index in [4.69, 9.17) is 0 Å². The van der Waals surface area contributed by atoms with Crippen LogP contribution in [0.4, 0.5) is 0 Å². The molecule has 1 atom stereocenters. The van der Waals surface area contributed by atoms with Crippen LogP contribution in [0.3, 0.4) is 0 Å². The first kappa shape index (κ1) is 12.0. The van der Waals surface area contributed by atoms with E-state index in [1.807, 2.05) is 0 Å². The number of hydrogen-bond donors (Lipinski definition) is 1. The Morgan fingerprint density at radius 2 is 2.07 bits per heavy atom. The third kappa shape index (κ3) is 3.97. The molecule has 1 aliphatic heterocycles. The van der Waals surface area contributed by atoms with E-state index in [1.165, 1.54) is 45.4 Å². The van der Waals surface area contributed by atoms with Crippen molar-refractivity contribution in [2.75, 3.05) is 26.2 Å². The van der Waals surface area contributed by atoms with Crippen LogP contribution in [0.1, 0.15) is 40.0 Å². The van der Waals surface area contributed by atoms with Crippen molar-refractivity contribution in [1.82, 2.24) is 10.2 Å². The normalized spacial score (nSPS) is 23.6. The van der Waals surface area contributed by atoms with Gasteiger partial charge < -0.3 is 10.2 Å². The van der Waals surface area contributed by atoms with Gasteiger partial charge in [0.2, 0.25) is 0 Å². The Bertz CT molecular complexity index is 143. The van der Waals surface area contributed by atoms with Crippen molar-refractivity contribution in [2.24, 2.45) is 5.92 Å². The maximum atomic E-state index is 3.62. The van der Waals surface area contributed by atoms with Crippen molar-refractivity contribution in [2.45, 2.75) is 46.1 Å². The summed E-state index contributed by atoms with van der Waals surface area (Å²) in [5.41, 5.74) is 0. The Kier molecular flexibility index (Phi) is 5.49. The molecule has 2 heteroatoms. The Labute approximate surface area is 89.1 Å². The summed E-state index contributed by atoms with van der Waals surface area (Å²) >= 11 is 0. The van der Waals surface area contributed by atoms with Gasteiger partial charge in [0, 0.05) is 25.7 Å². The zero-order chi connectivity index (χ0) is 10.4. The van der Waals surface area contributed by atoms with Crippen LogP contribution < -0.4 is 5.32 Å². The molecule has 0 spiro atoms. The smallest absolute Gasteiger partial charge is 0.0107 e. The molecule has 0 aromatic heterocycles. The van der Waals surface area contributed by atoms with Crippen molar-refractivity contribution in [3.8, 4) is 0 Å². The molecule has 0 amide bonds. The molecule has 1 saturated heterocycles. The molecule has 0 radical (unpaired) electrons. The van der Waals surface area contributed by atoms with Gasteiger partial charge in [-0.15, -0.1) is 0 Å². The van der Waals surface area contributed by atoms with E-state index in [9.17, 15) is 0 Å². The summed E-state index contributed by atoms with van der Waals surface area (Å²) in [7, 11) is 0. The minimum atomic E-state index is 0.732. The lowest BCUT2D eigenvalue weighted by atomic mass is 10.2. The molecule has 14 heavy (non-hydrogen) atoms. The lowest BCUT2D eigenvalue weighted by Crippen LogP contribution is -2.35. The second-order valence-electron chi connectivity index (χ2n) is 4.66. The number of rotatable bonds is 6. The molecule has 2 nitrogen and oxygen atoms in total. The maximum Gasteiger partial charge on any atom is 0.0107 e.